The molecular formula is C15H22N2O3. The third-order valence-corrected chi connectivity index (χ3v) is 3.33. The number of nitrogens with zero attached hydrogens (tertiary/aromatic N) is 1. The van der Waals surface area contributed by atoms with Crippen molar-refractivity contribution >= 4 is 17.6 Å². The van der Waals surface area contributed by atoms with Gasteiger partial charge in [-0.15, -0.1) is 0 Å². The Kier molecular flexibility index (Phi) is 6.18. The Morgan fingerprint density at radius 1 is 1.25 bits per heavy atom. The zero-order valence-corrected chi connectivity index (χ0v) is 12.2. The molecule has 0 bridgehead atoms. The summed E-state index contributed by atoms with van der Waals surface area (Å²) in [6, 6.07) is 7.48. The number of carboxylic acid groups (broad SMARTS) is 1. The Hall–Kier alpha value is -1.88. The molecule has 1 unspecified atom stereocenters. The molecule has 2 N–H and O–H groups in total. The van der Waals surface area contributed by atoms with Gasteiger partial charge in [-0.25, -0.2) is 0 Å². The lowest BCUT2D eigenvalue weighted by Gasteiger charge is -2.20. The minimum Gasteiger partial charge on any atom is -0.481 e. The lowest BCUT2D eigenvalue weighted by molar-refractivity contribution is -0.144. The van der Waals surface area contributed by atoms with Gasteiger partial charge in [-0.05, 0) is 31.6 Å². The second-order valence-corrected chi connectivity index (χ2v) is 4.67. The number of para-hydroxylation sites is 1. The number of benzene rings is 1. The van der Waals surface area contributed by atoms with Crippen LogP contribution in [0.5, 0.6) is 0 Å². The van der Waals surface area contributed by atoms with Crippen molar-refractivity contribution in [2.75, 3.05) is 18.4 Å². The molecule has 5 nitrogen and oxygen atoms in total. The lowest BCUT2D eigenvalue weighted by Crippen LogP contribution is -2.28. The molecule has 0 fully saturated rings. The fourth-order valence-corrected chi connectivity index (χ4v) is 1.82. The van der Waals surface area contributed by atoms with Crippen molar-refractivity contribution in [3.63, 3.8) is 0 Å². The minimum absolute atomic E-state index is 0.496. The molecule has 0 heterocycles. The summed E-state index contributed by atoms with van der Waals surface area (Å²) in [6.07, 6.45) is 0. The number of nitrogens with one attached hydrogen (secondary N) is 1. The number of aliphatic carboxylic acids is 1. The summed E-state index contributed by atoms with van der Waals surface area (Å²) >= 11 is 0. The van der Waals surface area contributed by atoms with Crippen molar-refractivity contribution in [2.45, 2.75) is 27.3 Å². The number of hydrogen-bond acceptors (Lipinski definition) is 3. The highest BCUT2D eigenvalue weighted by atomic mass is 16.4. The fourth-order valence-electron chi connectivity index (χ4n) is 1.82. The fraction of sp³-hybridized carbons (Fsp3) is 0.467. The highest BCUT2D eigenvalue weighted by molar-refractivity contribution is 6.04. The van der Waals surface area contributed by atoms with Crippen LogP contribution < -0.4 is 5.32 Å². The highest BCUT2D eigenvalue weighted by Gasteiger charge is 2.21. The third-order valence-electron chi connectivity index (χ3n) is 3.33. The maximum Gasteiger partial charge on any atom is 0.315 e. The summed E-state index contributed by atoms with van der Waals surface area (Å²) in [5.41, 5.74) is 1.67. The van der Waals surface area contributed by atoms with E-state index in [-0.39, 0.29) is 0 Å². The van der Waals surface area contributed by atoms with Gasteiger partial charge in [0.1, 0.15) is 5.92 Å². The van der Waals surface area contributed by atoms with E-state index in [0.717, 1.165) is 25.2 Å². The van der Waals surface area contributed by atoms with Gasteiger partial charge in [0.15, 0.2) is 0 Å². The van der Waals surface area contributed by atoms with Crippen LogP contribution in [0.15, 0.2) is 24.3 Å². The van der Waals surface area contributed by atoms with Crippen LogP contribution in [0.4, 0.5) is 5.69 Å². The molecule has 0 aliphatic carbocycles. The Morgan fingerprint density at radius 3 is 2.40 bits per heavy atom. The first-order valence-corrected chi connectivity index (χ1v) is 6.83. The maximum absolute atomic E-state index is 11.8. The van der Waals surface area contributed by atoms with Crippen LogP contribution in [-0.4, -0.2) is 35.0 Å². The van der Waals surface area contributed by atoms with Gasteiger partial charge in [0.2, 0.25) is 5.91 Å². The van der Waals surface area contributed by atoms with Crippen LogP contribution in [0, 0.1) is 5.92 Å². The molecule has 110 valence electrons. The first-order valence-electron chi connectivity index (χ1n) is 6.83. The summed E-state index contributed by atoms with van der Waals surface area (Å²) in [5.74, 6) is -2.68. The number of carbonyl (C=O) groups excluding carboxylic acids is 1. The van der Waals surface area contributed by atoms with Crippen molar-refractivity contribution in [1.29, 1.82) is 0 Å². The molecule has 0 spiro atoms. The Labute approximate surface area is 119 Å². The molecule has 20 heavy (non-hydrogen) atoms. The van der Waals surface area contributed by atoms with Gasteiger partial charge >= 0.3 is 5.97 Å². The van der Waals surface area contributed by atoms with Gasteiger partial charge in [-0.3, -0.25) is 14.5 Å². The SMILES string of the molecule is CCN(CC)Cc1ccccc1NC(=O)C(C)C(=O)O. The molecular weight excluding hydrogens is 256 g/mol. The smallest absolute Gasteiger partial charge is 0.315 e. The highest BCUT2D eigenvalue weighted by Crippen LogP contribution is 2.18. The van der Waals surface area contributed by atoms with Crippen molar-refractivity contribution in [3.05, 3.63) is 29.8 Å². The number of amides is 1. The Morgan fingerprint density at radius 2 is 1.85 bits per heavy atom. The molecule has 1 rings (SSSR count). The Balaban J connectivity index is 2.85. The zero-order valence-electron chi connectivity index (χ0n) is 12.2. The van der Waals surface area contributed by atoms with E-state index in [2.05, 4.69) is 24.1 Å². The summed E-state index contributed by atoms with van der Waals surface area (Å²) in [4.78, 5) is 24.9. The van der Waals surface area contributed by atoms with E-state index in [1.54, 1.807) is 6.07 Å². The van der Waals surface area contributed by atoms with E-state index in [9.17, 15) is 9.59 Å². The minimum atomic E-state index is -1.12. The predicted octanol–water partition coefficient (Wildman–Crippen LogP) is 2.19. The van der Waals surface area contributed by atoms with Crippen LogP contribution in [0.25, 0.3) is 0 Å². The zero-order chi connectivity index (χ0) is 15.1. The predicted molar refractivity (Wildman–Crippen MR) is 78.5 cm³/mol. The number of carboxylic acids is 1. The van der Waals surface area contributed by atoms with E-state index >= 15 is 0 Å². The average molecular weight is 278 g/mol. The van der Waals surface area contributed by atoms with Crippen molar-refractivity contribution in [3.8, 4) is 0 Å². The first-order chi connectivity index (χ1) is 9.49. The van der Waals surface area contributed by atoms with E-state index in [1.807, 2.05) is 18.2 Å². The average Bonchev–Trinajstić information content (AvgIpc) is 2.45. The first kappa shape index (κ1) is 16.2. The molecule has 1 atom stereocenters. The van der Waals surface area contributed by atoms with Crippen molar-refractivity contribution < 1.29 is 14.7 Å². The Bertz CT molecular complexity index is 470. The molecule has 0 saturated carbocycles. The number of carbonyl (C=O) groups is 2. The number of hydrogen-bond donors (Lipinski definition) is 2. The summed E-state index contributed by atoms with van der Waals surface area (Å²) in [5, 5.41) is 11.6. The second kappa shape index (κ2) is 7.65. The van der Waals surface area contributed by atoms with Crippen molar-refractivity contribution in [1.82, 2.24) is 4.90 Å². The summed E-state index contributed by atoms with van der Waals surface area (Å²) in [6.45, 7) is 8.11. The number of anilines is 1. The van der Waals surface area contributed by atoms with Gasteiger partial charge in [0.05, 0.1) is 0 Å². The standard InChI is InChI=1S/C15H22N2O3/c1-4-17(5-2)10-12-8-6-7-9-13(12)16-14(18)11(3)15(19)20/h6-9,11H,4-5,10H2,1-3H3,(H,16,18)(H,19,20). The second-order valence-electron chi connectivity index (χ2n) is 4.67. The van der Waals surface area contributed by atoms with Crippen LogP contribution in [0.1, 0.15) is 26.3 Å². The molecule has 0 aliphatic rings. The van der Waals surface area contributed by atoms with E-state index in [1.165, 1.54) is 6.92 Å². The molecule has 0 saturated heterocycles. The normalized spacial score (nSPS) is 12.2. The summed E-state index contributed by atoms with van der Waals surface area (Å²) in [7, 11) is 0. The molecule has 0 aromatic heterocycles. The monoisotopic (exact) mass is 278 g/mol. The summed E-state index contributed by atoms with van der Waals surface area (Å²) < 4.78 is 0. The number of rotatable bonds is 7. The van der Waals surface area contributed by atoms with Crippen LogP contribution in [-0.2, 0) is 16.1 Å². The molecule has 1 amide bonds. The van der Waals surface area contributed by atoms with Gasteiger partial charge in [-0.1, -0.05) is 32.0 Å². The van der Waals surface area contributed by atoms with Gasteiger partial charge < -0.3 is 10.4 Å². The molecule has 1 aromatic carbocycles. The van der Waals surface area contributed by atoms with Crippen LogP contribution >= 0.6 is 0 Å². The van der Waals surface area contributed by atoms with Crippen LogP contribution in [0.3, 0.4) is 0 Å². The molecule has 5 heteroatoms. The van der Waals surface area contributed by atoms with Crippen molar-refractivity contribution in [2.24, 2.45) is 5.92 Å². The largest absolute Gasteiger partial charge is 0.481 e. The van der Waals surface area contributed by atoms with Crippen LogP contribution in [0.2, 0.25) is 0 Å². The van der Waals surface area contributed by atoms with Gasteiger partial charge in [0.25, 0.3) is 0 Å². The lowest BCUT2D eigenvalue weighted by atomic mass is 10.1. The maximum atomic E-state index is 11.8. The van der Waals surface area contributed by atoms with E-state index in [4.69, 9.17) is 5.11 Å². The molecule has 0 radical (unpaired) electrons. The molecule has 0 aliphatic heterocycles. The third kappa shape index (κ3) is 4.35. The topological polar surface area (TPSA) is 69.6 Å². The van der Waals surface area contributed by atoms with E-state index in [0.29, 0.717) is 5.69 Å². The van der Waals surface area contributed by atoms with Gasteiger partial charge in [0, 0.05) is 12.2 Å². The molecule has 1 aromatic rings. The van der Waals surface area contributed by atoms with E-state index < -0.39 is 17.8 Å². The van der Waals surface area contributed by atoms with Gasteiger partial charge in [-0.2, -0.15) is 0 Å². The quantitative estimate of drug-likeness (QED) is 0.750.